The van der Waals surface area contributed by atoms with Gasteiger partial charge in [-0.05, 0) is 51.3 Å². The molecule has 2 unspecified atom stereocenters. The summed E-state index contributed by atoms with van der Waals surface area (Å²) < 4.78 is 16.8. The van der Waals surface area contributed by atoms with Gasteiger partial charge in [-0.1, -0.05) is 25.7 Å². The normalized spacial score (nSPS) is 28.8. The molecule has 2 aromatic rings. The van der Waals surface area contributed by atoms with Crippen LogP contribution < -0.4 is 0 Å². The lowest BCUT2D eigenvalue weighted by Gasteiger charge is -2.34. The maximum absolute atomic E-state index is 12.0. The molecule has 2 atom stereocenters. The Balaban J connectivity index is 1.66. The third-order valence-electron chi connectivity index (χ3n) is 5.94. The number of carbonyl (C=O) groups is 1. The number of fused-ring (bicyclic) bond motifs is 2. The lowest BCUT2D eigenvalue weighted by molar-refractivity contribution is 0.0527. The number of ether oxygens (including phenoxy) is 2. The molecular formula is C22H24O4. The highest BCUT2D eigenvalue weighted by molar-refractivity contribution is 6.03. The topological polar surface area (TPSA) is 52.0 Å². The van der Waals surface area contributed by atoms with Crippen molar-refractivity contribution in [2.24, 2.45) is 5.41 Å². The molecule has 26 heavy (non-hydrogen) atoms. The Hall–Kier alpha value is -2.25. The van der Waals surface area contributed by atoms with Crippen LogP contribution in [0.1, 0.15) is 62.9 Å². The molecule has 0 amide bonds. The summed E-state index contributed by atoms with van der Waals surface area (Å²) in [5.41, 5.74) is 1.49. The van der Waals surface area contributed by atoms with E-state index in [-0.39, 0.29) is 22.6 Å². The number of esters is 1. The molecule has 0 N–H and O–H groups in total. The minimum atomic E-state index is -0.369. The number of furan rings is 1. The van der Waals surface area contributed by atoms with Gasteiger partial charge in [-0.25, -0.2) is 4.79 Å². The van der Waals surface area contributed by atoms with E-state index in [4.69, 9.17) is 13.9 Å². The van der Waals surface area contributed by atoms with E-state index in [1.54, 1.807) is 6.92 Å². The summed E-state index contributed by atoms with van der Waals surface area (Å²) in [6.45, 7) is 8.78. The van der Waals surface area contributed by atoms with Crippen LogP contribution in [0, 0.1) is 17.3 Å². The van der Waals surface area contributed by atoms with E-state index < -0.39 is 0 Å². The van der Waals surface area contributed by atoms with E-state index in [0.717, 1.165) is 23.8 Å². The molecule has 1 aromatic heterocycles. The second-order valence-electron chi connectivity index (χ2n) is 8.08. The van der Waals surface area contributed by atoms with E-state index in [0.29, 0.717) is 17.8 Å². The van der Waals surface area contributed by atoms with E-state index in [9.17, 15) is 4.79 Å². The summed E-state index contributed by atoms with van der Waals surface area (Å²) in [5, 5.41) is 0.748. The summed E-state index contributed by atoms with van der Waals surface area (Å²) in [7, 11) is 0. The van der Waals surface area contributed by atoms with Crippen LogP contribution in [-0.2, 0) is 9.47 Å². The van der Waals surface area contributed by atoms with Crippen LogP contribution in [0.3, 0.4) is 0 Å². The van der Waals surface area contributed by atoms with Crippen LogP contribution in [0.2, 0.25) is 0 Å². The fourth-order valence-corrected chi connectivity index (χ4v) is 4.40. The first-order valence-electron chi connectivity index (χ1n) is 9.24. The highest BCUT2D eigenvalue weighted by atomic mass is 16.6. The Morgan fingerprint density at radius 2 is 2.08 bits per heavy atom. The number of rotatable bonds is 2. The monoisotopic (exact) mass is 352 g/mol. The minimum absolute atomic E-state index is 0.0405. The SMILES string of the molecule is CCOC(=O)c1coc2cc(C#CC34OC3(C)CCCC4(C)C)ccc12. The summed E-state index contributed by atoms with van der Waals surface area (Å²) in [5.74, 6) is 6.34. The zero-order valence-corrected chi connectivity index (χ0v) is 15.8. The van der Waals surface area contributed by atoms with E-state index >= 15 is 0 Å². The van der Waals surface area contributed by atoms with Crippen molar-refractivity contribution in [1.82, 2.24) is 0 Å². The van der Waals surface area contributed by atoms with Gasteiger partial charge < -0.3 is 13.9 Å². The largest absolute Gasteiger partial charge is 0.463 e. The Labute approximate surface area is 153 Å². The molecular weight excluding hydrogens is 328 g/mol. The number of hydrogen-bond acceptors (Lipinski definition) is 4. The number of carbonyl (C=O) groups excluding carboxylic acids is 1. The molecule has 0 bridgehead atoms. The number of benzene rings is 1. The van der Waals surface area contributed by atoms with Gasteiger partial charge in [0, 0.05) is 16.4 Å². The zero-order chi connectivity index (χ0) is 18.6. The van der Waals surface area contributed by atoms with Crippen molar-refractivity contribution in [3.63, 3.8) is 0 Å². The zero-order valence-electron chi connectivity index (χ0n) is 15.8. The van der Waals surface area contributed by atoms with Crippen LogP contribution in [0.25, 0.3) is 11.0 Å². The number of epoxide rings is 1. The first-order valence-corrected chi connectivity index (χ1v) is 9.24. The van der Waals surface area contributed by atoms with Crippen LogP contribution in [0.5, 0.6) is 0 Å². The van der Waals surface area contributed by atoms with Gasteiger partial charge in [-0.3, -0.25) is 0 Å². The number of hydrogen-bond donors (Lipinski definition) is 0. The van der Waals surface area contributed by atoms with Crippen molar-refractivity contribution in [1.29, 1.82) is 0 Å². The van der Waals surface area contributed by atoms with Crippen molar-refractivity contribution in [2.45, 2.75) is 58.2 Å². The molecule has 2 fully saturated rings. The average Bonchev–Trinajstić information content (AvgIpc) is 3.02. The molecule has 1 saturated heterocycles. The van der Waals surface area contributed by atoms with Gasteiger partial charge in [0.25, 0.3) is 0 Å². The van der Waals surface area contributed by atoms with Gasteiger partial charge in [0.15, 0.2) is 5.60 Å². The van der Waals surface area contributed by atoms with E-state index in [2.05, 4.69) is 32.6 Å². The third kappa shape index (κ3) is 2.38. The highest BCUT2D eigenvalue weighted by Crippen LogP contribution is 2.64. The molecule has 2 aliphatic rings. The molecule has 0 spiro atoms. The molecule has 136 valence electrons. The van der Waals surface area contributed by atoms with Gasteiger partial charge in [-0.15, -0.1) is 0 Å². The summed E-state index contributed by atoms with van der Waals surface area (Å²) in [6, 6.07) is 5.66. The highest BCUT2D eigenvalue weighted by Gasteiger charge is 2.74. The second-order valence-corrected chi connectivity index (χ2v) is 8.08. The molecule has 1 aromatic carbocycles. The molecule has 1 saturated carbocycles. The van der Waals surface area contributed by atoms with Gasteiger partial charge in [0.05, 0.1) is 6.61 Å². The van der Waals surface area contributed by atoms with Crippen molar-refractivity contribution >= 4 is 16.9 Å². The lowest BCUT2D eigenvalue weighted by atomic mass is 9.64. The Morgan fingerprint density at radius 3 is 2.81 bits per heavy atom. The average molecular weight is 352 g/mol. The second kappa shape index (κ2) is 5.62. The summed E-state index contributed by atoms with van der Waals surface area (Å²) in [4.78, 5) is 12.0. The standard InChI is InChI=1S/C22H24O4/c1-5-24-19(23)17-14-25-18-13-15(7-8-16(17)18)9-12-22-20(2,3)10-6-11-21(22,4)26-22/h7-8,13-14H,5-6,10-11H2,1-4H3. The van der Waals surface area contributed by atoms with Crippen LogP contribution >= 0.6 is 0 Å². The first kappa shape index (κ1) is 17.2. The fraction of sp³-hybridized carbons (Fsp3) is 0.500. The van der Waals surface area contributed by atoms with Crippen molar-refractivity contribution in [2.75, 3.05) is 6.61 Å². The van der Waals surface area contributed by atoms with Gasteiger partial charge >= 0.3 is 5.97 Å². The molecule has 0 radical (unpaired) electrons. The quantitative estimate of drug-likeness (QED) is 0.447. The Bertz CT molecular complexity index is 942. The molecule has 4 rings (SSSR count). The Kier molecular flexibility index (Phi) is 3.71. The van der Waals surface area contributed by atoms with Crippen molar-refractivity contribution in [3.8, 4) is 11.8 Å². The molecule has 4 heteroatoms. The molecule has 2 heterocycles. The molecule has 1 aliphatic heterocycles. The minimum Gasteiger partial charge on any atom is -0.463 e. The van der Waals surface area contributed by atoms with E-state index in [1.807, 2.05) is 18.2 Å². The van der Waals surface area contributed by atoms with Gasteiger partial charge in [0.2, 0.25) is 0 Å². The summed E-state index contributed by atoms with van der Waals surface area (Å²) >= 11 is 0. The summed E-state index contributed by atoms with van der Waals surface area (Å²) in [6.07, 6.45) is 4.81. The van der Waals surface area contributed by atoms with Gasteiger partial charge in [-0.2, -0.15) is 0 Å². The predicted octanol–water partition coefficient (Wildman–Crippen LogP) is 4.70. The molecule has 4 nitrogen and oxygen atoms in total. The Morgan fingerprint density at radius 1 is 1.27 bits per heavy atom. The van der Waals surface area contributed by atoms with Crippen molar-refractivity contribution < 1.29 is 18.7 Å². The fourth-order valence-electron chi connectivity index (χ4n) is 4.40. The van der Waals surface area contributed by atoms with E-state index in [1.165, 1.54) is 12.7 Å². The van der Waals surface area contributed by atoms with Crippen LogP contribution in [0.4, 0.5) is 0 Å². The van der Waals surface area contributed by atoms with Gasteiger partial charge in [0.1, 0.15) is 23.0 Å². The maximum Gasteiger partial charge on any atom is 0.342 e. The predicted molar refractivity (Wildman–Crippen MR) is 98.9 cm³/mol. The smallest absolute Gasteiger partial charge is 0.342 e. The maximum atomic E-state index is 12.0. The first-order chi connectivity index (χ1) is 12.3. The van der Waals surface area contributed by atoms with Crippen LogP contribution in [0.15, 0.2) is 28.9 Å². The lowest BCUT2D eigenvalue weighted by Crippen LogP contribution is -2.41. The van der Waals surface area contributed by atoms with Crippen molar-refractivity contribution in [3.05, 3.63) is 35.6 Å². The third-order valence-corrected chi connectivity index (χ3v) is 5.94. The van der Waals surface area contributed by atoms with Crippen LogP contribution in [-0.4, -0.2) is 23.8 Å². The molecule has 1 aliphatic carbocycles.